The van der Waals surface area contributed by atoms with Crippen molar-refractivity contribution in [3.8, 4) is 5.75 Å². The normalized spacial score (nSPS) is 9.92. The van der Waals surface area contributed by atoms with Crippen LogP contribution in [-0.4, -0.2) is 29.2 Å². The van der Waals surface area contributed by atoms with Crippen molar-refractivity contribution in [1.29, 1.82) is 0 Å². The molecule has 1 heterocycles. The standard InChI is InChI=1S/C7H11N3O2/c1-10-7(5(11)3-8)6(12-2)4-9-10/h4H,3,8H2,1-2H3. The van der Waals surface area contributed by atoms with Crippen LogP contribution in [0.2, 0.25) is 0 Å². The van der Waals surface area contributed by atoms with Crippen LogP contribution in [-0.2, 0) is 7.05 Å². The smallest absolute Gasteiger partial charge is 0.198 e. The highest BCUT2D eigenvalue weighted by Crippen LogP contribution is 2.15. The highest BCUT2D eigenvalue weighted by molar-refractivity contribution is 5.98. The fourth-order valence-corrected chi connectivity index (χ4v) is 0.981. The lowest BCUT2D eigenvalue weighted by molar-refractivity contribution is 0.0989. The SMILES string of the molecule is COc1cnn(C)c1C(=O)CN. The van der Waals surface area contributed by atoms with Gasteiger partial charge in [-0.2, -0.15) is 5.10 Å². The first kappa shape index (κ1) is 8.73. The second-order valence-corrected chi connectivity index (χ2v) is 2.31. The Labute approximate surface area is 70.1 Å². The molecule has 1 rings (SSSR count). The molecule has 0 aliphatic heterocycles. The Morgan fingerprint density at radius 3 is 3.00 bits per heavy atom. The molecule has 0 saturated carbocycles. The van der Waals surface area contributed by atoms with Crippen LogP contribution in [0.25, 0.3) is 0 Å². The van der Waals surface area contributed by atoms with Crippen molar-refractivity contribution >= 4 is 5.78 Å². The molecule has 0 spiro atoms. The van der Waals surface area contributed by atoms with E-state index in [2.05, 4.69) is 5.10 Å². The molecule has 66 valence electrons. The van der Waals surface area contributed by atoms with Crippen molar-refractivity contribution in [2.24, 2.45) is 12.8 Å². The van der Waals surface area contributed by atoms with Crippen molar-refractivity contribution in [3.63, 3.8) is 0 Å². The first-order chi connectivity index (χ1) is 5.70. The van der Waals surface area contributed by atoms with Gasteiger partial charge in [0, 0.05) is 7.05 Å². The van der Waals surface area contributed by atoms with Gasteiger partial charge >= 0.3 is 0 Å². The van der Waals surface area contributed by atoms with Gasteiger partial charge in [0.2, 0.25) is 0 Å². The number of nitrogens with zero attached hydrogens (tertiary/aromatic N) is 2. The van der Waals surface area contributed by atoms with Crippen LogP contribution in [0.1, 0.15) is 10.5 Å². The molecular weight excluding hydrogens is 158 g/mol. The van der Waals surface area contributed by atoms with Crippen molar-refractivity contribution in [2.45, 2.75) is 0 Å². The van der Waals surface area contributed by atoms with Gasteiger partial charge in [0.05, 0.1) is 19.9 Å². The number of hydrogen-bond donors (Lipinski definition) is 1. The molecule has 0 aromatic carbocycles. The van der Waals surface area contributed by atoms with Crippen LogP contribution in [0.15, 0.2) is 6.20 Å². The van der Waals surface area contributed by atoms with Gasteiger partial charge < -0.3 is 10.5 Å². The van der Waals surface area contributed by atoms with E-state index < -0.39 is 0 Å². The molecule has 0 aliphatic carbocycles. The summed E-state index contributed by atoms with van der Waals surface area (Å²) in [6, 6.07) is 0. The Balaban J connectivity index is 3.10. The topological polar surface area (TPSA) is 70.1 Å². The maximum Gasteiger partial charge on any atom is 0.198 e. The van der Waals surface area contributed by atoms with Gasteiger partial charge in [-0.1, -0.05) is 0 Å². The van der Waals surface area contributed by atoms with Gasteiger partial charge in [0.25, 0.3) is 0 Å². The summed E-state index contributed by atoms with van der Waals surface area (Å²) < 4.78 is 6.38. The number of carbonyl (C=O) groups excluding carboxylic acids is 1. The molecule has 12 heavy (non-hydrogen) atoms. The average molecular weight is 169 g/mol. The summed E-state index contributed by atoms with van der Waals surface area (Å²) in [5.74, 6) is 0.291. The summed E-state index contributed by atoms with van der Waals surface area (Å²) in [5.41, 5.74) is 5.63. The Hall–Kier alpha value is -1.36. The van der Waals surface area contributed by atoms with Crippen molar-refractivity contribution in [2.75, 3.05) is 13.7 Å². The van der Waals surface area contributed by atoms with E-state index in [-0.39, 0.29) is 12.3 Å². The molecule has 0 radical (unpaired) electrons. The van der Waals surface area contributed by atoms with Gasteiger partial charge in [-0.3, -0.25) is 9.48 Å². The number of hydrogen-bond acceptors (Lipinski definition) is 4. The molecule has 1 aromatic rings. The maximum atomic E-state index is 11.2. The molecule has 0 fully saturated rings. The third kappa shape index (κ3) is 1.31. The highest BCUT2D eigenvalue weighted by Gasteiger charge is 2.15. The monoisotopic (exact) mass is 169 g/mol. The Morgan fingerprint density at radius 1 is 1.83 bits per heavy atom. The summed E-state index contributed by atoms with van der Waals surface area (Å²) in [5, 5.41) is 3.87. The van der Waals surface area contributed by atoms with Gasteiger partial charge in [0.15, 0.2) is 11.5 Å². The fraction of sp³-hybridized carbons (Fsp3) is 0.429. The van der Waals surface area contributed by atoms with Crippen LogP contribution in [0.3, 0.4) is 0 Å². The fourth-order valence-electron chi connectivity index (χ4n) is 0.981. The van der Waals surface area contributed by atoms with Gasteiger partial charge in [-0.25, -0.2) is 0 Å². The summed E-state index contributed by atoms with van der Waals surface area (Å²) in [6.45, 7) is -0.0319. The number of ketones is 1. The summed E-state index contributed by atoms with van der Waals surface area (Å²) in [4.78, 5) is 11.2. The van der Waals surface area contributed by atoms with Crippen LogP contribution in [0, 0.1) is 0 Å². The molecule has 2 N–H and O–H groups in total. The zero-order valence-electron chi connectivity index (χ0n) is 7.07. The minimum Gasteiger partial charge on any atom is -0.493 e. The molecule has 5 heteroatoms. The van der Waals surface area contributed by atoms with Crippen molar-refractivity contribution in [3.05, 3.63) is 11.9 Å². The van der Waals surface area contributed by atoms with E-state index >= 15 is 0 Å². The summed E-state index contributed by atoms with van der Waals surface area (Å²) in [7, 11) is 3.16. The quantitative estimate of drug-likeness (QED) is 0.623. The zero-order chi connectivity index (χ0) is 9.14. The van der Waals surface area contributed by atoms with E-state index in [9.17, 15) is 4.79 Å². The first-order valence-electron chi connectivity index (χ1n) is 3.50. The number of aryl methyl sites for hydroxylation is 1. The van der Waals surface area contributed by atoms with Crippen LogP contribution >= 0.6 is 0 Å². The lowest BCUT2D eigenvalue weighted by atomic mass is 10.2. The molecular formula is C7H11N3O2. The van der Waals surface area contributed by atoms with E-state index in [1.54, 1.807) is 7.05 Å². The van der Waals surface area contributed by atoms with Gasteiger partial charge in [-0.05, 0) is 0 Å². The van der Waals surface area contributed by atoms with Crippen LogP contribution in [0.5, 0.6) is 5.75 Å². The number of ether oxygens (including phenoxy) is 1. The molecule has 5 nitrogen and oxygen atoms in total. The minimum absolute atomic E-state index is 0.0319. The van der Waals surface area contributed by atoms with Crippen molar-refractivity contribution < 1.29 is 9.53 Å². The number of carbonyl (C=O) groups is 1. The van der Waals surface area contributed by atoms with Gasteiger partial charge in [0.1, 0.15) is 5.69 Å². The Bertz CT molecular complexity index is 293. The van der Waals surface area contributed by atoms with Crippen LogP contribution < -0.4 is 10.5 Å². The molecule has 0 atom stereocenters. The average Bonchev–Trinajstić information content (AvgIpc) is 2.45. The third-order valence-corrected chi connectivity index (χ3v) is 1.57. The minimum atomic E-state index is -0.174. The number of aromatic nitrogens is 2. The number of nitrogens with two attached hydrogens (primary N) is 1. The van der Waals surface area contributed by atoms with Crippen molar-refractivity contribution in [1.82, 2.24) is 9.78 Å². The largest absolute Gasteiger partial charge is 0.493 e. The third-order valence-electron chi connectivity index (χ3n) is 1.57. The predicted octanol–water partition coefficient (Wildman–Crippen LogP) is -0.430. The molecule has 0 unspecified atom stereocenters. The number of rotatable bonds is 3. The van der Waals surface area contributed by atoms with E-state index in [1.807, 2.05) is 0 Å². The van der Waals surface area contributed by atoms with E-state index in [4.69, 9.17) is 10.5 Å². The predicted molar refractivity (Wildman–Crippen MR) is 43.1 cm³/mol. The van der Waals surface area contributed by atoms with E-state index in [1.165, 1.54) is 18.0 Å². The molecule has 0 saturated heterocycles. The van der Waals surface area contributed by atoms with E-state index in [0.29, 0.717) is 11.4 Å². The lowest BCUT2D eigenvalue weighted by Crippen LogP contribution is -2.17. The zero-order valence-corrected chi connectivity index (χ0v) is 7.07. The second-order valence-electron chi connectivity index (χ2n) is 2.31. The van der Waals surface area contributed by atoms with Gasteiger partial charge in [-0.15, -0.1) is 0 Å². The Kier molecular flexibility index (Phi) is 2.44. The number of methoxy groups -OCH3 is 1. The highest BCUT2D eigenvalue weighted by atomic mass is 16.5. The van der Waals surface area contributed by atoms with Crippen LogP contribution in [0.4, 0.5) is 0 Å². The van der Waals surface area contributed by atoms with E-state index in [0.717, 1.165) is 0 Å². The maximum absolute atomic E-state index is 11.2. The lowest BCUT2D eigenvalue weighted by Gasteiger charge is -2.01. The molecule has 0 aliphatic rings. The second kappa shape index (κ2) is 3.36. The molecule has 1 aromatic heterocycles. The molecule has 0 amide bonds. The Morgan fingerprint density at radius 2 is 2.50 bits per heavy atom. The summed E-state index contributed by atoms with van der Waals surface area (Å²) in [6.07, 6.45) is 1.49. The molecule has 0 bridgehead atoms. The first-order valence-corrected chi connectivity index (χ1v) is 3.50. The summed E-state index contributed by atoms with van der Waals surface area (Å²) >= 11 is 0. The number of Topliss-reactive ketones (excluding diaryl/α,β-unsaturated/α-hetero) is 1.